The van der Waals surface area contributed by atoms with Gasteiger partial charge in [0.25, 0.3) is 0 Å². The van der Waals surface area contributed by atoms with Crippen LogP contribution in [0.3, 0.4) is 0 Å². The van der Waals surface area contributed by atoms with Crippen molar-refractivity contribution in [1.82, 2.24) is 31.9 Å². The van der Waals surface area contributed by atoms with Crippen molar-refractivity contribution in [3.8, 4) is 0 Å². The molecule has 0 amide bonds. The van der Waals surface area contributed by atoms with Gasteiger partial charge in [0.05, 0.1) is 5.92 Å². The largest absolute Gasteiger partial charge is 0.411 e. The Labute approximate surface area is 171 Å². The van der Waals surface area contributed by atoms with E-state index in [-0.39, 0.29) is 18.9 Å². The molecular weight excluding hydrogens is 418 g/mol. The lowest BCUT2D eigenvalue weighted by Gasteiger charge is -2.43. The van der Waals surface area contributed by atoms with Crippen molar-refractivity contribution in [3.05, 3.63) is 0 Å². The lowest BCUT2D eigenvalue weighted by atomic mass is 9.85. The van der Waals surface area contributed by atoms with Gasteiger partial charge in [-0.3, -0.25) is 26.6 Å². The first-order valence-electron chi connectivity index (χ1n) is 10.3. The Bertz CT molecular complexity index is 530. The summed E-state index contributed by atoms with van der Waals surface area (Å²) < 4.78 is 81.8. The van der Waals surface area contributed by atoms with Crippen LogP contribution < -0.4 is 31.9 Å². The molecule has 2 aliphatic heterocycles. The number of ether oxygens (including phenoxy) is 1. The van der Waals surface area contributed by atoms with E-state index in [2.05, 4.69) is 31.9 Å². The SMILES string of the molecule is FC(F)(F)COC1NC(NC2CCNCC2)NC(NC2CCCC(C(F)(F)F)C2)N1. The molecule has 2 heterocycles. The first-order valence-corrected chi connectivity index (χ1v) is 10.3. The van der Waals surface area contributed by atoms with Crippen LogP contribution in [0.25, 0.3) is 0 Å². The monoisotopic (exact) mass is 448 g/mol. The molecule has 5 atom stereocenters. The molecule has 13 heteroatoms. The van der Waals surface area contributed by atoms with E-state index in [1.54, 1.807) is 0 Å². The Kier molecular flexibility index (Phi) is 8.21. The number of piperidine rings is 1. The third-order valence-electron chi connectivity index (χ3n) is 5.66. The maximum absolute atomic E-state index is 13.1. The van der Waals surface area contributed by atoms with Crippen LogP contribution in [-0.4, -0.2) is 63.1 Å². The van der Waals surface area contributed by atoms with E-state index < -0.39 is 49.9 Å². The Hall–Kier alpha value is -0.700. The number of hydrogen-bond donors (Lipinski definition) is 6. The second kappa shape index (κ2) is 10.3. The van der Waals surface area contributed by atoms with E-state index in [0.717, 1.165) is 25.9 Å². The Morgan fingerprint density at radius 1 is 0.800 bits per heavy atom. The summed E-state index contributed by atoms with van der Waals surface area (Å²) in [5.41, 5.74) is 0. The number of rotatable bonds is 6. The maximum Gasteiger partial charge on any atom is 0.411 e. The van der Waals surface area contributed by atoms with Crippen LogP contribution in [0.5, 0.6) is 0 Å². The van der Waals surface area contributed by atoms with Crippen molar-refractivity contribution in [2.45, 2.75) is 81.9 Å². The van der Waals surface area contributed by atoms with Gasteiger partial charge in [0.2, 0.25) is 0 Å². The van der Waals surface area contributed by atoms with Gasteiger partial charge in [-0.1, -0.05) is 6.42 Å². The first kappa shape index (κ1) is 24.0. The van der Waals surface area contributed by atoms with E-state index >= 15 is 0 Å². The molecule has 1 aliphatic carbocycles. The van der Waals surface area contributed by atoms with Crippen molar-refractivity contribution in [3.63, 3.8) is 0 Å². The minimum Gasteiger partial charge on any atom is -0.340 e. The highest BCUT2D eigenvalue weighted by Gasteiger charge is 2.43. The van der Waals surface area contributed by atoms with Gasteiger partial charge in [0.15, 0.2) is 6.35 Å². The van der Waals surface area contributed by atoms with Crippen molar-refractivity contribution in [2.24, 2.45) is 5.92 Å². The van der Waals surface area contributed by atoms with E-state index in [9.17, 15) is 26.3 Å². The summed E-state index contributed by atoms with van der Waals surface area (Å²) in [6, 6.07) is -0.251. The molecule has 0 aromatic rings. The van der Waals surface area contributed by atoms with E-state index in [4.69, 9.17) is 4.74 Å². The molecule has 0 aromatic heterocycles. The minimum atomic E-state index is -4.49. The fourth-order valence-electron chi connectivity index (χ4n) is 4.18. The molecule has 3 aliphatic rings. The van der Waals surface area contributed by atoms with Gasteiger partial charge >= 0.3 is 12.4 Å². The molecule has 3 rings (SSSR count). The number of halogens is 6. The predicted octanol–water partition coefficient (Wildman–Crippen LogP) is 1.25. The molecule has 176 valence electrons. The Morgan fingerprint density at radius 2 is 1.43 bits per heavy atom. The van der Waals surface area contributed by atoms with Gasteiger partial charge in [0, 0.05) is 12.1 Å². The lowest BCUT2D eigenvalue weighted by molar-refractivity contribution is -0.199. The molecule has 1 saturated carbocycles. The van der Waals surface area contributed by atoms with Crippen LogP contribution in [-0.2, 0) is 4.74 Å². The topological polar surface area (TPSA) is 81.4 Å². The minimum absolute atomic E-state index is 0.0583. The normalized spacial score (nSPS) is 34.8. The fourth-order valence-corrected chi connectivity index (χ4v) is 4.18. The third-order valence-corrected chi connectivity index (χ3v) is 5.66. The average Bonchev–Trinajstić information content (AvgIpc) is 2.66. The van der Waals surface area contributed by atoms with E-state index in [1.165, 1.54) is 0 Å². The molecule has 0 radical (unpaired) electrons. The highest BCUT2D eigenvalue weighted by atomic mass is 19.4. The lowest BCUT2D eigenvalue weighted by Crippen LogP contribution is -2.76. The fraction of sp³-hybridized carbons (Fsp3) is 1.00. The van der Waals surface area contributed by atoms with E-state index in [0.29, 0.717) is 12.8 Å². The summed E-state index contributed by atoms with van der Waals surface area (Å²) in [5.74, 6) is -1.37. The molecule has 6 N–H and O–H groups in total. The summed E-state index contributed by atoms with van der Waals surface area (Å²) in [7, 11) is 0. The second-order valence-electron chi connectivity index (χ2n) is 8.13. The van der Waals surface area contributed by atoms with Crippen LogP contribution in [0.4, 0.5) is 26.3 Å². The average molecular weight is 448 g/mol. The molecule has 0 bridgehead atoms. The van der Waals surface area contributed by atoms with Gasteiger partial charge in [-0.25, -0.2) is 0 Å². The van der Waals surface area contributed by atoms with Crippen molar-refractivity contribution in [2.75, 3.05) is 19.7 Å². The highest BCUT2D eigenvalue weighted by Crippen LogP contribution is 2.37. The molecule has 30 heavy (non-hydrogen) atoms. The summed E-state index contributed by atoms with van der Waals surface area (Å²) in [5, 5.41) is 18.4. The van der Waals surface area contributed by atoms with Crippen LogP contribution >= 0.6 is 0 Å². The van der Waals surface area contributed by atoms with Gasteiger partial charge < -0.3 is 10.1 Å². The zero-order valence-electron chi connectivity index (χ0n) is 16.5. The van der Waals surface area contributed by atoms with Crippen LogP contribution in [0.15, 0.2) is 0 Å². The summed E-state index contributed by atoms with van der Waals surface area (Å²) in [4.78, 5) is 0. The second-order valence-corrected chi connectivity index (χ2v) is 8.13. The summed E-state index contributed by atoms with van der Waals surface area (Å²) in [6.07, 6.45) is -8.35. The molecule has 0 spiro atoms. The van der Waals surface area contributed by atoms with Crippen molar-refractivity contribution < 1.29 is 31.1 Å². The van der Waals surface area contributed by atoms with Gasteiger partial charge in [0.1, 0.15) is 19.2 Å². The first-order chi connectivity index (χ1) is 14.1. The highest BCUT2D eigenvalue weighted by molar-refractivity contribution is 4.87. The zero-order valence-corrected chi connectivity index (χ0v) is 16.5. The Morgan fingerprint density at radius 3 is 2.03 bits per heavy atom. The quantitative estimate of drug-likeness (QED) is 0.342. The summed E-state index contributed by atoms with van der Waals surface area (Å²) >= 11 is 0. The van der Waals surface area contributed by atoms with Gasteiger partial charge in [-0.15, -0.1) is 0 Å². The van der Waals surface area contributed by atoms with Gasteiger partial charge in [-0.2, -0.15) is 26.3 Å². The summed E-state index contributed by atoms with van der Waals surface area (Å²) in [6.45, 7) is 0.225. The standard InChI is InChI=1S/C17H30F6N6O/c18-16(19,20)9-30-15-28-13(25-11-4-6-24-7-5-11)27-14(29-15)26-12-3-1-2-10(8-12)17(21,22)23/h10-15,24-29H,1-9H2. The maximum atomic E-state index is 13.1. The van der Waals surface area contributed by atoms with Crippen molar-refractivity contribution >= 4 is 0 Å². The Balaban J connectivity index is 1.58. The molecular formula is C17H30F6N6O. The zero-order chi connectivity index (χ0) is 21.8. The number of alkyl halides is 6. The van der Waals surface area contributed by atoms with Crippen molar-refractivity contribution in [1.29, 1.82) is 0 Å². The van der Waals surface area contributed by atoms with Crippen LogP contribution in [0.1, 0.15) is 38.5 Å². The predicted molar refractivity (Wildman–Crippen MR) is 96.7 cm³/mol. The van der Waals surface area contributed by atoms with Crippen LogP contribution in [0, 0.1) is 5.92 Å². The van der Waals surface area contributed by atoms with E-state index in [1.807, 2.05) is 0 Å². The molecule has 7 nitrogen and oxygen atoms in total. The third kappa shape index (κ3) is 7.77. The molecule has 5 unspecified atom stereocenters. The smallest absolute Gasteiger partial charge is 0.340 e. The molecule has 0 aromatic carbocycles. The molecule has 2 saturated heterocycles. The number of nitrogens with one attached hydrogen (secondary N) is 6. The molecule has 3 fully saturated rings. The number of hydrogen-bond acceptors (Lipinski definition) is 7. The van der Waals surface area contributed by atoms with Crippen LogP contribution in [0.2, 0.25) is 0 Å². The van der Waals surface area contributed by atoms with Gasteiger partial charge in [-0.05, 0) is 45.2 Å².